The first kappa shape index (κ1) is 27.8. The molecule has 0 aliphatic heterocycles. The van der Waals surface area contributed by atoms with E-state index in [1.54, 1.807) is 50.4 Å². The Bertz CT molecular complexity index is 1690. The number of carbonyl (C=O) groups is 2. The van der Waals surface area contributed by atoms with Gasteiger partial charge in [0.1, 0.15) is 11.3 Å². The third kappa shape index (κ3) is 4.97. The second-order valence-corrected chi connectivity index (χ2v) is 12.3. The summed E-state index contributed by atoms with van der Waals surface area (Å²) in [6.45, 7) is 3.70. The van der Waals surface area contributed by atoms with Crippen LogP contribution in [-0.4, -0.2) is 31.9 Å². The number of fused-ring (bicyclic) bond motifs is 1. The Balaban J connectivity index is 1.49. The molecule has 40 heavy (non-hydrogen) atoms. The van der Waals surface area contributed by atoms with E-state index in [9.17, 15) is 23.1 Å². The minimum Gasteiger partial charge on any atom is -0.475 e. The van der Waals surface area contributed by atoms with E-state index >= 15 is 0 Å². The van der Waals surface area contributed by atoms with Crippen molar-refractivity contribution in [2.45, 2.75) is 51.0 Å². The van der Waals surface area contributed by atoms with Crippen LogP contribution in [0.5, 0.6) is 0 Å². The number of carbonyl (C=O) groups excluding carboxylic acids is 1. The van der Waals surface area contributed by atoms with E-state index < -0.39 is 21.4 Å². The number of aryl methyl sites for hydroxylation is 1. The minimum atomic E-state index is -4.07. The van der Waals surface area contributed by atoms with Crippen molar-refractivity contribution in [3.63, 3.8) is 0 Å². The predicted molar refractivity (Wildman–Crippen MR) is 150 cm³/mol. The van der Waals surface area contributed by atoms with Gasteiger partial charge in [0.2, 0.25) is 11.7 Å². The molecule has 0 atom stereocenters. The largest absolute Gasteiger partial charge is 0.475 e. The number of benzene rings is 2. The number of furan rings is 2. The number of amides is 1. The lowest BCUT2D eigenvalue weighted by molar-refractivity contribution is -0.136. The van der Waals surface area contributed by atoms with Crippen LogP contribution < -0.4 is 9.62 Å². The van der Waals surface area contributed by atoms with Gasteiger partial charge in [-0.1, -0.05) is 18.0 Å². The highest BCUT2D eigenvalue weighted by molar-refractivity contribution is 7.92. The number of carboxylic acid groups (broad SMARTS) is 1. The van der Waals surface area contributed by atoms with Crippen LogP contribution in [0.2, 0.25) is 5.02 Å². The molecule has 4 aromatic rings. The molecule has 0 radical (unpaired) electrons. The number of rotatable bonds is 10. The quantitative estimate of drug-likeness (QED) is 0.236. The summed E-state index contributed by atoms with van der Waals surface area (Å²) < 4.78 is 40.0. The first-order valence-corrected chi connectivity index (χ1v) is 14.8. The summed E-state index contributed by atoms with van der Waals surface area (Å²) in [7, 11) is -4.07. The minimum absolute atomic E-state index is 0.00172. The maximum Gasteiger partial charge on any atom is 0.372 e. The second-order valence-electron chi connectivity index (χ2n) is 10.0. The SMILES string of the molecule is CCN(c1ccc(Cl)cc1CC1(C(=O)NCc2ccco2)CCC1)S(=O)(=O)c1ccc2oc(C(=O)O)c(C)c2c1. The summed E-state index contributed by atoms with van der Waals surface area (Å²) in [6.07, 6.45) is 4.10. The standard InChI is InChI=1S/C29H29ClN2O7S/c1-3-32(40(36,37)22-8-10-25-23(15-22)18(2)26(39-25)27(33)34)24-9-7-20(30)14-19(24)16-29(11-5-12-29)28(35)31-17-21-6-4-13-38-21/h4,6-10,13-15H,3,5,11-12,16-17H2,1-2H3,(H,31,35)(H,33,34). The Kier molecular flexibility index (Phi) is 7.41. The molecular weight excluding hydrogens is 556 g/mol. The van der Waals surface area contributed by atoms with Crippen molar-refractivity contribution in [3.8, 4) is 0 Å². The van der Waals surface area contributed by atoms with Crippen molar-refractivity contribution < 1.29 is 31.9 Å². The topological polar surface area (TPSA) is 130 Å². The van der Waals surface area contributed by atoms with Crippen LogP contribution in [0.4, 0.5) is 5.69 Å². The average Bonchev–Trinajstić information content (AvgIpc) is 3.54. The van der Waals surface area contributed by atoms with Gasteiger partial charge < -0.3 is 19.3 Å². The molecule has 2 N–H and O–H groups in total. The normalized spacial score (nSPS) is 14.6. The molecule has 9 nitrogen and oxygen atoms in total. The van der Waals surface area contributed by atoms with Crippen LogP contribution in [-0.2, 0) is 27.8 Å². The maximum absolute atomic E-state index is 14.0. The Hall–Kier alpha value is -3.76. The number of hydrogen-bond acceptors (Lipinski definition) is 6. The van der Waals surface area contributed by atoms with Crippen molar-refractivity contribution in [2.24, 2.45) is 5.41 Å². The van der Waals surface area contributed by atoms with E-state index in [2.05, 4.69) is 5.32 Å². The first-order chi connectivity index (χ1) is 19.1. The summed E-state index contributed by atoms with van der Waals surface area (Å²) in [4.78, 5) is 24.8. The number of nitrogens with zero attached hydrogens (tertiary/aromatic N) is 1. The Morgan fingerprint density at radius 2 is 1.93 bits per heavy atom. The predicted octanol–water partition coefficient (Wildman–Crippen LogP) is 5.93. The zero-order valence-corrected chi connectivity index (χ0v) is 23.6. The van der Waals surface area contributed by atoms with Crippen molar-refractivity contribution in [1.29, 1.82) is 0 Å². The van der Waals surface area contributed by atoms with Gasteiger partial charge in [0.25, 0.3) is 10.0 Å². The molecule has 1 amide bonds. The number of anilines is 1. The lowest BCUT2D eigenvalue weighted by Crippen LogP contribution is -2.47. The molecule has 210 valence electrons. The summed E-state index contributed by atoms with van der Waals surface area (Å²) in [5.41, 5.74) is 1.04. The van der Waals surface area contributed by atoms with Gasteiger partial charge in [-0.25, -0.2) is 13.2 Å². The molecule has 0 saturated heterocycles. The number of hydrogen-bond donors (Lipinski definition) is 2. The highest BCUT2D eigenvalue weighted by Crippen LogP contribution is 2.46. The fraction of sp³-hybridized carbons (Fsp3) is 0.310. The van der Waals surface area contributed by atoms with Gasteiger partial charge in [0.15, 0.2) is 0 Å². The Morgan fingerprint density at radius 1 is 1.15 bits per heavy atom. The van der Waals surface area contributed by atoms with Crippen LogP contribution in [0, 0.1) is 12.3 Å². The van der Waals surface area contributed by atoms with Crippen LogP contribution in [0.1, 0.15) is 53.6 Å². The molecule has 11 heteroatoms. The molecule has 5 rings (SSSR count). The van der Waals surface area contributed by atoms with Crippen molar-refractivity contribution >= 4 is 50.2 Å². The van der Waals surface area contributed by atoms with E-state index in [4.69, 9.17) is 20.4 Å². The van der Waals surface area contributed by atoms with Crippen LogP contribution in [0.15, 0.2) is 68.5 Å². The van der Waals surface area contributed by atoms with Gasteiger partial charge in [-0.15, -0.1) is 0 Å². The molecule has 2 aromatic heterocycles. The summed E-state index contributed by atoms with van der Waals surface area (Å²) in [5, 5.41) is 13.2. The smallest absolute Gasteiger partial charge is 0.372 e. The number of nitrogens with one attached hydrogen (secondary N) is 1. The first-order valence-electron chi connectivity index (χ1n) is 12.9. The van der Waals surface area contributed by atoms with Crippen LogP contribution in [0.25, 0.3) is 11.0 Å². The number of aromatic carboxylic acids is 1. The van der Waals surface area contributed by atoms with Crippen molar-refractivity contribution in [2.75, 3.05) is 10.8 Å². The Morgan fingerprint density at radius 3 is 2.55 bits per heavy atom. The lowest BCUT2D eigenvalue weighted by atomic mass is 9.64. The monoisotopic (exact) mass is 584 g/mol. The number of halogens is 1. The van der Waals surface area contributed by atoms with Crippen LogP contribution in [0.3, 0.4) is 0 Å². The van der Waals surface area contributed by atoms with Gasteiger partial charge in [-0.3, -0.25) is 9.10 Å². The van der Waals surface area contributed by atoms with Gasteiger partial charge in [0, 0.05) is 22.5 Å². The zero-order chi connectivity index (χ0) is 28.7. The summed E-state index contributed by atoms with van der Waals surface area (Å²) in [6, 6.07) is 12.9. The average molecular weight is 585 g/mol. The molecule has 0 bridgehead atoms. The summed E-state index contributed by atoms with van der Waals surface area (Å²) in [5.74, 6) is -0.915. The molecule has 2 aromatic carbocycles. The Labute approximate surface area is 236 Å². The van der Waals surface area contributed by atoms with E-state index in [0.29, 0.717) is 52.2 Å². The van der Waals surface area contributed by atoms with Gasteiger partial charge in [-0.2, -0.15) is 0 Å². The third-order valence-electron chi connectivity index (χ3n) is 7.61. The highest BCUT2D eigenvalue weighted by Gasteiger charge is 2.45. The molecule has 1 aliphatic rings. The molecule has 1 fully saturated rings. The number of sulfonamides is 1. The van der Waals surface area contributed by atoms with E-state index in [1.807, 2.05) is 0 Å². The van der Waals surface area contributed by atoms with Crippen LogP contribution >= 0.6 is 11.6 Å². The molecule has 0 spiro atoms. The third-order valence-corrected chi connectivity index (χ3v) is 9.73. The maximum atomic E-state index is 14.0. The van der Waals surface area contributed by atoms with Gasteiger partial charge in [-0.05, 0) is 87.2 Å². The van der Waals surface area contributed by atoms with Gasteiger partial charge in [0.05, 0.1) is 28.8 Å². The molecule has 0 unspecified atom stereocenters. The fourth-order valence-electron chi connectivity index (χ4n) is 5.32. The number of carboxylic acids is 1. The molecular formula is C29H29ClN2O7S. The fourth-order valence-corrected chi connectivity index (χ4v) is 7.05. The van der Waals surface area contributed by atoms with E-state index in [0.717, 1.165) is 6.42 Å². The highest BCUT2D eigenvalue weighted by atomic mass is 35.5. The summed E-state index contributed by atoms with van der Waals surface area (Å²) >= 11 is 6.37. The van der Waals surface area contributed by atoms with Crippen molar-refractivity contribution in [1.82, 2.24) is 5.32 Å². The van der Waals surface area contributed by atoms with Crippen molar-refractivity contribution in [3.05, 3.63) is 82.5 Å². The molecule has 2 heterocycles. The lowest BCUT2D eigenvalue weighted by Gasteiger charge is -2.41. The van der Waals surface area contributed by atoms with Gasteiger partial charge >= 0.3 is 5.97 Å². The molecule has 1 saturated carbocycles. The zero-order valence-electron chi connectivity index (χ0n) is 22.1. The van der Waals surface area contributed by atoms with E-state index in [1.165, 1.54) is 22.5 Å². The second kappa shape index (κ2) is 10.7. The molecule has 1 aliphatic carbocycles. The van der Waals surface area contributed by atoms with E-state index in [-0.39, 0.29) is 35.2 Å².